The van der Waals surface area contributed by atoms with Crippen LogP contribution in [0.4, 0.5) is 0 Å². The highest BCUT2D eigenvalue weighted by Gasteiger charge is 2.20. The first kappa shape index (κ1) is 21.7. The number of aromatic nitrogens is 1. The molecule has 0 spiro atoms. The van der Waals surface area contributed by atoms with Crippen LogP contribution in [0.1, 0.15) is 26.6 Å². The van der Waals surface area contributed by atoms with Crippen LogP contribution in [0, 0.1) is 0 Å². The van der Waals surface area contributed by atoms with Gasteiger partial charge in [0.1, 0.15) is 18.1 Å². The lowest BCUT2D eigenvalue weighted by molar-refractivity contribution is 0.0977. The van der Waals surface area contributed by atoms with E-state index < -0.39 is 15.9 Å². The number of amides is 1. The van der Waals surface area contributed by atoms with Crippen molar-refractivity contribution in [1.29, 1.82) is 0 Å². The third kappa shape index (κ3) is 5.60. The molecule has 0 aliphatic rings. The molecule has 0 radical (unpaired) electrons. The first-order chi connectivity index (χ1) is 15.5. The van der Waals surface area contributed by atoms with Crippen molar-refractivity contribution in [2.75, 3.05) is 0 Å². The van der Waals surface area contributed by atoms with Crippen molar-refractivity contribution in [3.05, 3.63) is 112 Å². The summed E-state index contributed by atoms with van der Waals surface area (Å²) in [6, 6.07) is 25.3. The minimum Gasteiger partial charge on any atom is -0.489 e. The van der Waals surface area contributed by atoms with Crippen LogP contribution in [0.15, 0.2) is 95.2 Å². The first-order valence-corrected chi connectivity index (χ1v) is 12.2. The Balaban J connectivity index is 1.37. The molecular formula is C24H20N2O4S2. The maximum atomic E-state index is 12.6. The van der Waals surface area contributed by atoms with E-state index in [-0.39, 0.29) is 10.6 Å². The topological polar surface area (TPSA) is 85.4 Å². The number of ether oxygens (including phenoxy) is 1. The summed E-state index contributed by atoms with van der Waals surface area (Å²) < 4.78 is 33.0. The summed E-state index contributed by atoms with van der Waals surface area (Å²) in [5.41, 5.74) is 2.15. The Kier molecular flexibility index (Phi) is 6.63. The SMILES string of the molecule is O=C(NS(=O)(=O)c1ccc(OCc2ccccc2)cc1)c1csc(Cc2ccccc2)n1. The lowest BCUT2D eigenvalue weighted by Crippen LogP contribution is -2.30. The van der Waals surface area contributed by atoms with E-state index in [1.807, 2.05) is 60.7 Å². The Bertz CT molecular complexity index is 1290. The number of hydrogen-bond acceptors (Lipinski definition) is 6. The quantitative estimate of drug-likeness (QED) is 0.417. The lowest BCUT2D eigenvalue weighted by atomic mass is 10.2. The van der Waals surface area contributed by atoms with Crippen LogP contribution in [-0.2, 0) is 23.1 Å². The maximum absolute atomic E-state index is 12.6. The summed E-state index contributed by atoms with van der Waals surface area (Å²) in [7, 11) is -4.03. The van der Waals surface area contributed by atoms with E-state index in [1.54, 1.807) is 17.5 Å². The van der Waals surface area contributed by atoms with Gasteiger partial charge < -0.3 is 4.74 Å². The molecule has 0 unspecified atom stereocenters. The Morgan fingerprint density at radius 1 is 0.875 bits per heavy atom. The van der Waals surface area contributed by atoms with E-state index in [0.717, 1.165) is 16.1 Å². The zero-order chi connectivity index (χ0) is 22.4. The van der Waals surface area contributed by atoms with Crippen molar-refractivity contribution < 1.29 is 17.9 Å². The van der Waals surface area contributed by atoms with Crippen LogP contribution in [-0.4, -0.2) is 19.3 Å². The smallest absolute Gasteiger partial charge is 0.284 e. The second kappa shape index (κ2) is 9.76. The Labute approximate surface area is 190 Å². The first-order valence-electron chi connectivity index (χ1n) is 9.82. The standard InChI is InChI=1S/C24H20N2O4S2/c27-24(22-17-31-23(25-22)15-18-7-3-1-4-8-18)26-32(28,29)21-13-11-20(12-14-21)30-16-19-9-5-2-6-10-19/h1-14,17H,15-16H2,(H,26,27). The minimum atomic E-state index is -4.03. The highest BCUT2D eigenvalue weighted by atomic mass is 32.2. The largest absolute Gasteiger partial charge is 0.489 e. The Hall–Kier alpha value is -3.49. The molecule has 1 N–H and O–H groups in total. The van der Waals surface area contributed by atoms with Crippen LogP contribution in [0.25, 0.3) is 0 Å². The van der Waals surface area contributed by atoms with Gasteiger partial charge in [-0.1, -0.05) is 60.7 Å². The molecule has 4 aromatic rings. The van der Waals surface area contributed by atoms with Gasteiger partial charge in [-0.15, -0.1) is 11.3 Å². The monoisotopic (exact) mass is 464 g/mol. The molecule has 1 aromatic heterocycles. The summed E-state index contributed by atoms with van der Waals surface area (Å²) in [5, 5.41) is 2.29. The van der Waals surface area contributed by atoms with Crippen molar-refractivity contribution in [3.63, 3.8) is 0 Å². The Morgan fingerprint density at radius 3 is 2.16 bits per heavy atom. The van der Waals surface area contributed by atoms with E-state index in [2.05, 4.69) is 9.71 Å². The van der Waals surface area contributed by atoms with Crippen molar-refractivity contribution in [3.8, 4) is 5.75 Å². The van der Waals surface area contributed by atoms with Crippen LogP contribution >= 0.6 is 11.3 Å². The highest BCUT2D eigenvalue weighted by Crippen LogP contribution is 2.19. The minimum absolute atomic E-state index is 0.0300. The Morgan fingerprint density at radius 2 is 1.50 bits per heavy atom. The number of thiazole rings is 1. The average Bonchev–Trinajstić information content (AvgIpc) is 3.28. The number of rotatable bonds is 8. The molecule has 0 bridgehead atoms. The predicted octanol–water partition coefficient (Wildman–Crippen LogP) is 4.43. The van der Waals surface area contributed by atoms with Gasteiger partial charge in [0.05, 0.1) is 9.90 Å². The fraction of sp³-hybridized carbons (Fsp3) is 0.0833. The summed E-state index contributed by atoms with van der Waals surface area (Å²) in [4.78, 5) is 16.7. The van der Waals surface area contributed by atoms with Crippen molar-refractivity contribution in [2.24, 2.45) is 0 Å². The number of nitrogens with zero attached hydrogens (tertiary/aromatic N) is 1. The fourth-order valence-corrected chi connectivity index (χ4v) is 4.73. The zero-order valence-electron chi connectivity index (χ0n) is 17.0. The summed E-state index contributed by atoms with van der Waals surface area (Å²) in [6.07, 6.45) is 0.579. The van der Waals surface area contributed by atoms with Gasteiger partial charge in [0.2, 0.25) is 0 Å². The molecule has 6 nitrogen and oxygen atoms in total. The number of sulfonamides is 1. The third-order valence-electron chi connectivity index (χ3n) is 4.59. The van der Waals surface area contributed by atoms with E-state index >= 15 is 0 Å². The van der Waals surface area contributed by atoms with Crippen molar-refractivity contribution >= 4 is 27.3 Å². The maximum Gasteiger partial charge on any atom is 0.284 e. The van der Waals surface area contributed by atoms with Gasteiger partial charge >= 0.3 is 0 Å². The van der Waals surface area contributed by atoms with E-state index in [1.165, 1.54) is 23.5 Å². The summed E-state index contributed by atoms with van der Waals surface area (Å²) in [6.45, 7) is 0.374. The molecule has 0 aliphatic heterocycles. The molecule has 0 aliphatic carbocycles. The summed E-state index contributed by atoms with van der Waals surface area (Å²) >= 11 is 1.32. The molecule has 0 atom stereocenters. The molecule has 4 rings (SSSR count). The normalized spacial score (nSPS) is 11.1. The van der Waals surface area contributed by atoms with Crippen LogP contribution in [0.5, 0.6) is 5.75 Å². The van der Waals surface area contributed by atoms with Crippen molar-refractivity contribution in [2.45, 2.75) is 17.9 Å². The average molecular weight is 465 g/mol. The molecule has 3 aromatic carbocycles. The third-order valence-corrected chi connectivity index (χ3v) is 6.79. The predicted molar refractivity (Wildman–Crippen MR) is 123 cm³/mol. The van der Waals surface area contributed by atoms with Crippen molar-refractivity contribution in [1.82, 2.24) is 9.71 Å². The zero-order valence-corrected chi connectivity index (χ0v) is 18.6. The van der Waals surface area contributed by atoms with Gasteiger partial charge in [0.25, 0.3) is 15.9 Å². The van der Waals surface area contributed by atoms with Gasteiger partial charge in [-0.3, -0.25) is 4.79 Å². The number of nitrogens with one attached hydrogen (secondary N) is 1. The number of carbonyl (C=O) groups is 1. The van der Waals surface area contributed by atoms with Crippen LogP contribution in [0.2, 0.25) is 0 Å². The number of benzene rings is 3. The molecule has 32 heavy (non-hydrogen) atoms. The van der Waals surface area contributed by atoms with E-state index in [9.17, 15) is 13.2 Å². The van der Waals surface area contributed by atoms with Gasteiger partial charge in [-0.05, 0) is 35.4 Å². The summed E-state index contributed by atoms with van der Waals surface area (Å²) in [5.74, 6) is -0.228. The van der Waals surface area contributed by atoms with Gasteiger partial charge in [-0.2, -0.15) is 0 Å². The lowest BCUT2D eigenvalue weighted by Gasteiger charge is -2.08. The van der Waals surface area contributed by atoms with Crippen LogP contribution < -0.4 is 9.46 Å². The van der Waals surface area contributed by atoms with Gasteiger partial charge in [0, 0.05) is 11.8 Å². The van der Waals surface area contributed by atoms with E-state index in [0.29, 0.717) is 18.8 Å². The molecule has 0 saturated carbocycles. The van der Waals surface area contributed by atoms with E-state index in [4.69, 9.17) is 4.74 Å². The molecule has 0 saturated heterocycles. The second-order valence-corrected chi connectivity index (χ2v) is 9.59. The molecule has 1 heterocycles. The molecule has 8 heteroatoms. The molecule has 162 valence electrons. The highest BCUT2D eigenvalue weighted by molar-refractivity contribution is 7.90. The van der Waals surface area contributed by atoms with Gasteiger partial charge in [-0.25, -0.2) is 18.1 Å². The van der Waals surface area contributed by atoms with Crippen LogP contribution in [0.3, 0.4) is 0 Å². The number of carbonyl (C=O) groups excluding carboxylic acids is 1. The number of hydrogen-bond donors (Lipinski definition) is 1. The second-order valence-electron chi connectivity index (χ2n) is 6.97. The fourth-order valence-electron chi connectivity index (χ4n) is 2.96. The van der Waals surface area contributed by atoms with Gasteiger partial charge in [0.15, 0.2) is 0 Å². The molecular weight excluding hydrogens is 444 g/mol. The molecule has 1 amide bonds. The molecule has 0 fully saturated rings.